The zero-order valence-corrected chi connectivity index (χ0v) is 16.0. The molecule has 1 saturated heterocycles. The Labute approximate surface area is 166 Å². The van der Waals surface area contributed by atoms with E-state index in [0.29, 0.717) is 24.0 Å². The van der Waals surface area contributed by atoms with Crippen molar-refractivity contribution in [2.24, 2.45) is 12.8 Å². The van der Waals surface area contributed by atoms with E-state index in [-0.39, 0.29) is 35.4 Å². The summed E-state index contributed by atoms with van der Waals surface area (Å²) < 4.78 is 1.76. The van der Waals surface area contributed by atoms with Crippen LogP contribution in [-0.2, 0) is 11.8 Å². The van der Waals surface area contributed by atoms with E-state index in [2.05, 4.69) is 15.4 Å². The normalized spacial score (nSPS) is 18.9. The summed E-state index contributed by atoms with van der Waals surface area (Å²) in [4.78, 5) is 42.1. The van der Waals surface area contributed by atoms with Gasteiger partial charge in [-0.2, -0.15) is 5.10 Å². The molecule has 4 rings (SSSR count). The Morgan fingerprint density at radius 2 is 2.07 bits per heavy atom. The van der Waals surface area contributed by atoms with Gasteiger partial charge in [0.2, 0.25) is 11.3 Å². The van der Waals surface area contributed by atoms with Crippen molar-refractivity contribution in [3.05, 3.63) is 64.2 Å². The van der Waals surface area contributed by atoms with Crippen LogP contribution >= 0.6 is 0 Å². The van der Waals surface area contributed by atoms with Crippen molar-refractivity contribution in [2.75, 3.05) is 19.6 Å². The van der Waals surface area contributed by atoms with E-state index in [1.807, 2.05) is 13.1 Å². The maximum atomic E-state index is 12.6. The molecule has 1 aliphatic heterocycles. The molecule has 1 aliphatic rings. The molecule has 1 aromatic carbocycles. The number of rotatable bonds is 4. The second-order valence-electron chi connectivity index (χ2n) is 7.21. The zero-order chi connectivity index (χ0) is 20.5. The van der Waals surface area contributed by atoms with Crippen molar-refractivity contribution in [1.82, 2.24) is 25.0 Å². The molecule has 9 heteroatoms. The Bertz CT molecular complexity index is 1130. The first-order chi connectivity index (χ1) is 14.0. The number of hydrogen-bond donors (Lipinski definition) is 3. The number of nitrogens with zero attached hydrogens (tertiary/aromatic N) is 3. The van der Waals surface area contributed by atoms with Gasteiger partial charge < -0.3 is 20.9 Å². The Morgan fingerprint density at radius 1 is 1.28 bits per heavy atom. The lowest BCUT2D eigenvalue weighted by Gasteiger charge is -2.17. The van der Waals surface area contributed by atoms with Gasteiger partial charge in [0, 0.05) is 61.1 Å². The van der Waals surface area contributed by atoms with Crippen molar-refractivity contribution >= 4 is 22.7 Å². The summed E-state index contributed by atoms with van der Waals surface area (Å²) in [5.41, 5.74) is 7.44. The van der Waals surface area contributed by atoms with E-state index < -0.39 is 5.91 Å². The molecule has 150 valence electrons. The number of carbonyl (C=O) groups excluding carboxylic acids is 2. The van der Waals surface area contributed by atoms with Gasteiger partial charge in [0.05, 0.1) is 6.54 Å². The highest BCUT2D eigenvalue weighted by molar-refractivity contribution is 5.98. The van der Waals surface area contributed by atoms with Gasteiger partial charge >= 0.3 is 0 Å². The third-order valence-electron chi connectivity index (χ3n) is 5.39. The number of nitrogens with one attached hydrogen (secondary N) is 2. The number of likely N-dealkylation sites (tertiary alicyclic amines) is 1. The molecule has 9 nitrogen and oxygen atoms in total. The van der Waals surface area contributed by atoms with Crippen LogP contribution in [0.2, 0.25) is 0 Å². The summed E-state index contributed by atoms with van der Waals surface area (Å²) >= 11 is 0. The number of benzene rings is 1. The summed E-state index contributed by atoms with van der Waals surface area (Å²) in [6, 6.07) is 8.64. The number of aromatic amines is 1. The van der Waals surface area contributed by atoms with E-state index in [9.17, 15) is 14.4 Å². The molecule has 29 heavy (non-hydrogen) atoms. The third kappa shape index (κ3) is 3.52. The summed E-state index contributed by atoms with van der Waals surface area (Å²) in [6.07, 6.45) is 3.07. The molecule has 0 unspecified atom stereocenters. The Balaban J connectivity index is 1.41. The number of aromatic nitrogens is 3. The van der Waals surface area contributed by atoms with Crippen molar-refractivity contribution < 1.29 is 9.59 Å². The van der Waals surface area contributed by atoms with Gasteiger partial charge in [-0.3, -0.25) is 19.1 Å². The lowest BCUT2D eigenvalue weighted by Crippen LogP contribution is -2.41. The van der Waals surface area contributed by atoms with Crippen molar-refractivity contribution in [1.29, 1.82) is 0 Å². The van der Waals surface area contributed by atoms with Gasteiger partial charge in [-0.1, -0.05) is 12.1 Å². The molecule has 0 bridgehead atoms. The number of aryl methyl sites for hydroxylation is 1. The fourth-order valence-electron chi connectivity index (χ4n) is 3.79. The molecule has 1 fully saturated rings. The maximum Gasteiger partial charge on any atom is 0.257 e. The standard InChI is InChI=1S/C20H22N6O3/c1-25-17(6-7-24-25)14-10-26(11-15(14)21)18(27)9-23-20(29)13-8-22-16-5-3-2-4-12(16)19(13)28/h2-8,14-15H,9-11,21H2,1H3,(H,22,28)(H,23,29)/t14-,15-/m1/s1. The minimum Gasteiger partial charge on any atom is -0.360 e. The number of amides is 2. The topological polar surface area (TPSA) is 126 Å². The lowest BCUT2D eigenvalue weighted by atomic mass is 10.0. The molecule has 2 atom stereocenters. The van der Waals surface area contributed by atoms with E-state index in [1.54, 1.807) is 40.0 Å². The minimum atomic E-state index is -0.586. The van der Waals surface area contributed by atoms with Crippen LogP contribution in [0.1, 0.15) is 22.0 Å². The maximum absolute atomic E-state index is 12.6. The second-order valence-corrected chi connectivity index (χ2v) is 7.21. The quantitative estimate of drug-likeness (QED) is 0.572. The molecule has 0 spiro atoms. The number of fused-ring (bicyclic) bond motifs is 1. The monoisotopic (exact) mass is 394 g/mol. The summed E-state index contributed by atoms with van der Waals surface area (Å²) in [5, 5.41) is 7.13. The molecule has 2 aromatic heterocycles. The highest BCUT2D eigenvalue weighted by Gasteiger charge is 2.35. The molecule has 0 saturated carbocycles. The first kappa shape index (κ1) is 18.9. The number of hydrogen-bond acceptors (Lipinski definition) is 5. The van der Waals surface area contributed by atoms with Gasteiger partial charge in [-0.25, -0.2) is 0 Å². The van der Waals surface area contributed by atoms with Crippen molar-refractivity contribution in [3.63, 3.8) is 0 Å². The third-order valence-corrected chi connectivity index (χ3v) is 5.39. The van der Waals surface area contributed by atoms with Crippen molar-refractivity contribution in [3.8, 4) is 0 Å². The summed E-state index contributed by atoms with van der Waals surface area (Å²) in [5.74, 6) is -0.835. The fraction of sp³-hybridized carbons (Fsp3) is 0.300. The van der Waals surface area contributed by atoms with Crippen LogP contribution < -0.4 is 16.5 Å². The Kier molecular flexibility index (Phi) is 4.89. The van der Waals surface area contributed by atoms with Gasteiger partial charge in [-0.05, 0) is 18.2 Å². The van der Waals surface area contributed by atoms with E-state index >= 15 is 0 Å². The highest BCUT2D eigenvalue weighted by Crippen LogP contribution is 2.25. The predicted molar refractivity (Wildman–Crippen MR) is 107 cm³/mol. The average molecular weight is 394 g/mol. The number of para-hydroxylation sites is 1. The zero-order valence-electron chi connectivity index (χ0n) is 16.0. The minimum absolute atomic E-state index is 0.00881. The van der Waals surface area contributed by atoms with Crippen LogP contribution in [0.3, 0.4) is 0 Å². The molecule has 0 aliphatic carbocycles. The number of nitrogens with two attached hydrogens (primary N) is 1. The number of H-pyrrole nitrogens is 1. The Morgan fingerprint density at radius 3 is 2.83 bits per heavy atom. The van der Waals surface area contributed by atoms with E-state index in [0.717, 1.165) is 5.69 Å². The largest absolute Gasteiger partial charge is 0.360 e. The lowest BCUT2D eigenvalue weighted by molar-refractivity contribution is -0.129. The molecule has 0 radical (unpaired) electrons. The SMILES string of the molecule is Cn1nccc1[C@@H]1CN(C(=O)CNC(=O)c2c[nH]c3ccccc3c2=O)C[C@H]1N. The smallest absolute Gasteiger partial charge is 0.257 e. The van der Waals surface area contributed by atoms with Crippen LogP contribution in [0.5, 0.6) is 0 Å². The second kappa shape index (κ2) is 7.51. The van der Waals surface area contributed by atoms with Gasteiger partial charge in [0.1, 0.15) is 5.56 Å². The first-order valence-corrected chi connectivity index (χ1v) is 9.35. The van der Waals surface area contributed by atoms with Crippen LogP contribution in [0.15, 0.2) is 47.5 Å². The predicted octanol–water partition coefficient (Wildman–Crippen LogP) is -0.0553. The van der Waals surface area contributed by atoms with Crippen LogP contribution in [0.25, 0.3) is 10.9 Å². The highest BCUT2D eigenvalue weighted by atomic mass is 16.2. The molecule has 3 heterocycles. The molecule has 2 amide bonds. The van der Waals surface area contributed by atoms with E-state index in [4.69, 9.17) is 5.73 Å². The molecular formula is C20H22N6O3. The fourth-order valence-corrected chi connectivity index (χ4v) is 3.79. The van der Waals surface area contributed by atoms with Gasteiger partial charge in [-0.15, -0.1) is 0 Å². The number of carbonyl (C=O) groups is 2. The summed E-state index contributed by atoms with van der Waals surface area (Å²) in [6.45, 7) is 0.670. The van der Waals surface area contributed by atoms with Crippen LogP contribution in [0.4, 0.5) is 0 Å². The molecule has 3 aromatic rings. The Hall–Kier alpha value is -3.46. The van der Waals surface area contributed by atoms with Crippen LogP contribution in [0, 0.1) is 0 Å². The van der Waals surface area contributed by atoms with Crippen molar-refractivity contribution in [2.45, 2.75) is 12.0 Å². The van der Waals surface area contributed by atoms with Crippen LogP contribution in [-0.4, -0.2) is 57.2 Å². The molecule has 4 N–H and O–H groups in total. The summed E-state index contributed by atoms with van der Waals surface area (Å²) in [7, 11) is 1.84. The molecular weight excluding hydrogens is 372 g/mol. The average Bonchev–Trinajstić information content (AvgIpc) is 3.31. The number of pyridine rings is 1. The van der Waals surface area contributed by atoms with Gasteiger partial charge in [0.25, 0.3) is 5.91 Å². The first-order valence-electron chi connectivity index (χ1n) is 9.35. The van der Waals surface area contributed by atoms with Gasteiger partial charge in [0.15, 0.2) is 0 Å². The van der Waals surface area contributed by atoms with E-state index in [1.165, 1.54) is 6.20 Å².